The predicted octanol–water partition coefficient (Wildman–Crippen LogP) is 3.30. The van der Waals surface area contributed by atoms with E-state index in [1.54, 1.807) is 0 Å². The van der Waals surface area contributed by atoms with E-state index in [2.05, 4.69) is 12.2 Å². The third-order valence-corrected chi connectivity index (χ3v) is 8.31. The number of hydrogen-bond acceptors (Lipinski definition) is 4. The average molecular weight is 397 g/mol. The van der Waals surface area contributed by atoms with Crippen LogP contribution in [0.15, 0.2) is 12.2 Å². The molecule has 4 rings (SSSR count). The number of carboxylic acids is 1. The second-order valence-corrected chi connectivity index (χ2v) is 10.3. The summed E-state index contributed by atoms with van der Waals surface area (Å²) < 4.78 is 24.7. The normalized spacial score (nSPS) is 38.5. The summed E-state index contributed by atoms with van der Waals surface area (Å²) in [5.41, 5.74) is 0. The fraction of sp³-hybridized carbons (Fsp3) is 0.857. The summed E-state index contributed by atoms with van der Waals surface area (Å²) >= 11 is 0. The molecular formula is C21H32O5S. The minimum Gasteiger partial charge on any atom is -0.481 e. The molecule has 152 valence electrons. The summed E-state index contributed by atoms with van der Waals surface area (Å²) in [6, 6.07) is 0. The van der Waals surface area contributed by atoms with E-state index in [9.17, 15) is 9.00 Å². The second kappa shape index (κ2) is 8.75. The highest BCUT2D eigenvalue weighted by molar-refractivity contribution is 7.84. The van der Waals surface area contributed by atoms with Crippen LogP contribution in [0, 0.1) is 17.8 Å². The standard InChI is InChI=1S/C21H32O5S/c22-17(23)10-4-2-1-3-9-15-16(19-21-20(26-21)18(15)25-19)13-27(24)12-11-14-7-5-6-8-14/h1,3,14-16,18-21H,2,4-13H2,(H,22,23)/t15-,16+,18+,19-,20-,21+,27?/m0/s1. The molecule has 6 heteroatoms. The van der Waals surface area contributed by atoms with E-state index < -0.39 is 16.8 Å². The zero-order valence-corrected chi connectivity index (χ0v) is 16.8. The first-order valence-corrected chi connectivity index (χ1v) is 12.1. The largest absolute Gasteiger partial charge is 0.481 e. The first-order chi connectivity index (χ1) is 13.1. The number of allylic oxidation sites excluding steroid dienone is 2. The summed E-state index contributed by atoms with van der Waals surface area (Å²) in [5, 5.41) is 8.70. The SMILES string of the molecule is O=C(O)CCCC=CC[C@H]1[C@@H](CS(=O)CCC2CCCC2)[C@@H]2O[C@H]1[C@@H]1O[C@@H]12. The lowest BCUT2D eigenvalue weighted by atomic mass is 9.78. The van der Waals surface area contributed by atoms with Crippen LogP contribution in [0.25, 0.3) is 0 Å². The van der Waals surface area contributed by atoms with Gasteiger partial charge in [0.05, 0.1) is 12.2 Å². The van der Waals surface area contributed by atoms with Crippen molar-refractivity contribution in [2.24, 2.45) is 17.8 Å². The molecular weight excluding hydrogens is 364 g/mol. The molecule has 1 aliphatic carbocycles. The molecule has 4 aliphatic rings. The molecule has 0 spiro atoms. The minimum absolute atomic E-state index is 0.140. The molecule has 0 aromatic rings. The minimum atomic E-state index is -0.765. The zero-order valence-electron chi connectivity index (χ0n) is 16.0. The summed E-state index contributed by atoms with van der Waals surface area (Å²) in [7, 11) is -0.765. The summed E-state index contributed by atoms with van der Waals surface area (Å²) in [5.74, 6) is 2.38. The molecule has 3 heterocycles. The van der Waals surface area contributed by atoms with Crippen LogP contribution in [-0.4, -0.2) is 51.2 Å². The van der Waals surface area contributed by atoms with Crippen LogP contribution in [-0.2, 0) is 25.1 Å². The maximum atomic E-state index is 12.7. The Hall–Kier alpha value is -0.720. The quantitative estimate of drug-likeness (QED) is 0.329. The summed E-state index contributed by atoms with van der Waals surface area (Å²) in [6.07, 6.45) is 14.2. The van der Waals surface area contributed by atoms with Crippen LogP contribution in [0.2, 0.25) is 0 Å². The Morgan fingerprint density at radius 3 is 2.48 bits per heavy atom. The average Bonchev–Trinajstić information content (AvgIpc) is 3.00. The van der Waals surface area contributed by atoms with Gasteiger partial charge in [-0.1, -0.05) is 37.8 Å². The Morgan fingerprint density at radius 2 is 1.74 bits per heavy atom. The van der Waals surface area contributed by atoms with Crippen LogP contribution in [0.4, 0.5) is 0 Å². The number of hydrogen-bond donors (Lipinski definition) is 1. The Labute approximate surface area is 164 Å². The van der Waals surface area contributed by atoms with Crippen molar-refractivity contribution in [2.75, 3.05) is 11.5 Å². The van der Waals surface area contributed by atoms with Gasteiger partial charge in [0.2, 0.25) is 0 Å². The fourth-order valence-electron chi connectivity index (χ4n) is 5.34. The number of rotatable bonds is 11. The van der Waals surface area contributed by atoms with E-state index in [-0.39, 0.29) is 30.8 Å². The van der Waals surface area contributed by atoms with Crippen LogP contribution in [0.3, 0.4) is 0 Å². The van der Waals surface area contributed by atoms with Gasteiger partial charge in [-0.2, -0.15) is 0 Å². The molecule has 0 aromatic heterocycles. The third-order valence-electron chi connectivity index (χ3n) is 6.86. The second-order valence-electron chi connectivity index (χ2n) is 8.70. The number of ether oxygens (including phenoxy) is 2. The lowest BCUT2D eigenvalue weighted by Crippen LogP contribution is -2.36. The highest BCUT2D eigenvalue weighted by Gasteiger charge is 2.68. The van der Waals surface area contributed by atoms with Gasteiger partial charge in [-0.3, -0.25) is 9.00 Å². The van der Waals surface area contributed by atoms with E-state index in [1.165, 1.54) is 25.7 Å². The topological polar surface area (TPSA) is 76.1 Å². The molecule has 0 amide bonds. The van der Waals surface area contributed by atoms with Crippen molar-refractivity contribution in [3.05, 3.63) is 12.2 Å². The third kappa shape index (κ3) is 4.65. The van der Waals surface area contributed by atoms with Crippen molar-refractivity contribution in [3.8, 4) is 0 Å². The maximum Gasteiger partial charge on any atom is 0.303 e. The van der Waals surface area contributed by atoms with E-state index in [4.69, 9.17) is 14.6 Å². The Bertz CT molecular complexity index is 585. The van der Waals surface area contributed by atoms with Gasteiger partial charge in [-0.05, 0) is 37.5 Å². The monoisotopic (exact) mass is 396 g/mol. The molecule has 3 saturated heterocycles. The lowest BCUT2D eigenvalue weighted by molar-refractivity contribution is -0.137. The van der Waals surface area contributed by atoms with E-state index in [0.717, 1.165) is 36.7 Å². The van der Waals surface area contributed by atoms with Gasteiger partial charge in [0.1, 0.15) is 12.2 Å². The van der Waals surface area contributed by atoms with Crippen molar-refractivity contribution < 1.29 is 23.6 Å². The molecule has 3 aliphatic heterocycles. The Balaban J connectivity index is 1.25. The number of carboxylic acid groups (broad SMARTS) is 1. The fourth-order valence-corrected chi connectivity index (χ4v) is 6.97. The molecule has 27 heavy (non-hydrogen) atoms. The molecule has 4 fully saturated rings. The van der Waals surface area contributed by atoms with Gasteiger partial charge < -0.3 is 14.6 Å². The molecule has 1 N–H and O–H groups in total. The van der Waals surface area contributed by atoms with Crippen LogP contribution in [0.1, 0.15) is 57.8 Å². The predicted molar refractivity (Wildman–Crippen MR) is 104 cm³/mol. The first-order valence-electron chi connectivity index (χ1n) is 10.7. The van der Waals surface area contributed by atoms with Gasteiger partial charge in [-0.15, -0.1) is 0 Å². The number of fused-ring (bicyclic) bond motifs is 5. The first kappa shape index (κ1) is 19.6. The van der Waals surface area contributed by atoms with Crippen molar-refractivity contribution in [1.29, 1.82) is 0 Å². The molecule has 2 bridgehead atoms. The summed E-state index contributed by atoms with van der Waals surface area (Å²) in [4.78, 5) is 10.6. The lowest BCUT2D eigenvalue weighted by Gasteiger charge is -2.25. The summed E-state index contributed by atoms with van der Waals surface area (Å²) in [6.45, 7) is 0. The number of carbonyl (C=O) groups is 1. The van der Waals surface area contributed by atoms with E-state index in [1.807, 2.05) is 0 Å². The Morgan fingerprint density at radius 1 is 1.04 bits per heavy atom. The highest BCUT2D eigenvalue weighted by Crippen LogP contribution is 2.55. The highest BCUT2D eigenvalue weighted by atomic mass is 32.2. The molecule has 7 atom stereocenters. The van der Waals surface area contributed by atoms with Gasteiger partial charge in [0.25, 0.3) is 0 Å². The van der Waals surface area contributed by atoms with Crippen molar-refractivity contribution in [3.63, 3.8) is 0 Å². The van der Waals surface area contributed by atoms with E-state index in [0.29, 0.717) is 18.3 Å². The number of unbranched alkanes of at least 4 members (excludes halogenated alkanes) is 1. The smallest absolute Gasteiger partial charge is 0.303 e. The van der Waals surface area contributed by atoms with Crippen LogP contribution < -0.4 is 0 Å². The molecule has 5 nitrogen and oxygen atoms in total. The number of aliphatic carboxylic acids is 1. The van der Waals surface area contributed by atoms with Gasteiger partial charge in [-0.25, -0.2) is 0 Å². The molecule has 0 aromatic carbocycles. The Kier molecular flexibility index (Phi) is 6.35. The zero-order chi connectivity index (χ0) is 18.8. The maximum absolute atomic E-state index is 12.7. The van der Waals surface area contributed by atoms with Crippen LogP contribution >= 0.6 is 0 Å². The molecule has 0 radical (unpaired) electrons. The van der Waals surface area contributed by atoms with Crippen LogP contribution in [0.5, 0.6) is 0 Å². The van der Waals surface area contributed by atoms with Crippen molar-refractivity contribution >= 4 is 16.8 Å². The van der Waals surface area contributed by atoms with E-state index >= 15 is 0 Å². The van der Waals surface area contributed by atoms with Gasteiger partial charge in [0, 0.05) is 34.6 Å². The van der Waals surface area contributed by atoms with Crippen molar-refractivity contribution in [1.82, 2.24) is 0 Å². The van der Waals surface area contributed by atoms with Gasteiger partial charge >= 0.3 is 5.97 Å². The van der Waals surface area contributed by atoms with Crippen molar-refractivity contribution in [2.45, 2.75) is 82.2 Å². The molecule has 1 unspecified atom stereocenters. The molecule has 1 saturated carbocycles. The number of epoxide rings is 1. The van der Waals surface area contributed by atoms with Gasteiger partial charge in [0.15, 0.2) is 0 Å².